The molecule has 59 heavy (non-hydrogen) atoms. The van der Waals surface area contributed by atoms with Gasteiger partial charge in [-0.1, -0.05) is 166 Å². The van der Waals surface area contributed by atoms with Crippen LogP contribution >= 0.6 is 0 Å². The number of rotatable bonds is 3. The summed E-state index contributed by atoms with van der Waals surface area (Å²) in [6, 6.07) is 66.4. The quantitative estimate of drug-likeness (QED) is 0.168. The van der Waals surface area contributed by atoms with E-state index in [1.54, 1.807) is 0 Å². The number of para-hydroxylation sites is 1. The van der Waals surface area contributed by atoms with Crippen molar-refractivity contribution in [2.75, 3.05) is 0 Å². The normalized spacial score (nSPS) is 13.4. The Bertz CT molecular complexity index is 3690. The molecule has 2 heterocycles. The van der Waals surface area contributed by atoms with Crippen molar-refractivity contribution < 1.29 is 8.83 Å². The second-order valence-electron chi connectivity index (χ2n) is 16.7. The van der Waals surface area contributed by atoms with E-state index >= 15 is 0 Å². The first-order valence-corrected chi connectivity index (χ1v) is 20.5. The summed E-state index contributed by atoms with van der Waals surface area (Å²) < 4.78 is 13.4. The van der Waals surface area contributed by atoms with Gasteiger partial charge in [0.15, 0.2) is 0 Å². The Hall–Kier alpha value is -7.42. The topological polar surface area (TPSA) is 26.3 Å². The van der Waals surface area contributed by atoms with E-state index in [1.807, 2.05) is 6.07 Å². The van der Waals surface area contributed by atoms with E-state index in [9.17, 15) is 0 Å². The van der Waals surface area contributed by atoms with Gasteiger partial charge in [0.2, 0.25) is 0 Å². The molecule has 12 aromatic rings. The highest BCUT2D eigenvalue weighted by atomic mass is 16.3. The Morgan fingerprint density at radius 2 is 0.864 bits per heavy atom. The van der Waals surface area contributed by atoms with Crippen LogP contribution in [0.2, 0.25) is 0 Å². The van der Waals surface area contributed by atoms with Gasteiger partial charge in [-0.25, -0.2) is 0 Å². The maximum Gasteiger partial charge on any atom is 0.147 e. The lowest BCUT2D eigenvalue weighted by Crippen LogP contribution is -2.15. The highest BCUT2D eigenvalue weighted by Gasteiger charge is 2.36. The Morgan fingerprint density at radius 3 is 1.59 bits per heavy atom. The van der Waals surface area contributed by atoms with Crippen molar-refractivity contribution in [3.63, 3.8) is 0 Å². The monoisotopic (exact) mass is 752 g/mol. The van der Waals surface area contributed by atoms with Crippen LogP contribution in [-0.2, 0) is 5.41 Å². The Labute approximate surface area is 340 Å². The van der Waals surface area contributed by atoms with Gasteiger partial charge >= 0.3 is 0 Å². The summed E-state index contributed by atoms with van der Waals surface area (Å²) in [4.78, 5) is 0. The first-order chi connectivity index (χ1) is 29.0. The predicted molar refractivity (Wildman–Crippen MR) is 247 cm³/mol. The Morgan fingerprint density at radius 1 is 0.322 bits per heavy atom. The molecule has 0 N–H and O–H groups in total. The molecule has 1 aliphatic rings. The zero-order chi connectivity index (χ0) is 39.0. The van der Waals surface area contributed by atoms with Gasteiger partial charge in [-0.3, -0.25) is 0 Å². The highest BCUT2D eigenvalue weighted by Crippen LogP contribution is 2.53. The number of fused-ring (bicyclic) bond motifs is 15. The fourth-order valence-electron chi connectivity index (χ4n) is 10.5. The fraction of sp³-hybridized carbons (Fsp3) is 0.0526. The minimum Gasteiger partial charge on any atom is -0.455 e. The van der Waals surface area contributed by atoms with Crippen molar-refractivity contribution in [1.29, 1.82) is 0 Å². The largest absolute Gasteiger partial charge is 0.455 e. The highest BCUT2D eigenvalue weighted by molar-refractivity contribution is 6.33. The first-order valence-electron chi connectivity index (χ1n) is 20.5. The van der Waals surface area contributed by atoms with Crippen molar-refractivity contribution in [1.82, 2.24) is 0 Å². The molecule has 0 unspecified atom stereocenters. The van der Waals surface area contributed by atoms with Gasteiger partial charge in [-0.15, -0.1) is 0 Å². The van der Waals surface area contributed by atoms with Crippen LogP contribution in [0.3, 0.4) is 0 Å². The van der Waals surface area contributed by atoms with Crippen molar-refractivity contribution in [2.45, 2.75) is 19.3 Å². The van der Waals surface area contributed by atoms with E-state index in [-0.39, 0.29) is 5.41 Å². The molecule has 1 aliphatic carbocycles. The van der Waals surface area contributed by atoms with Crippen LogP contribution in [0.15, 0.2) is 191 Å². The second kappa shape index (κ2) is 11.8. The van der Waals surface area contributed by atoms with Crippen LogP contribution in [0.4, 0.5) is 0 Å². The van der Waals surface area contributed by atoms with E-state index in [4.69, 9.17) is 8.83 Å². The van der Waals surface area contributed by atoms with Crippen LogP contribution < -0.4 is 0 Å². The van der Waals surface area contributed by atoms with Crippen LogP contribution in [-0.4, -0.2) is 0 Å². The van der Waals surface area contributed by atoms with Crippen LogP contribution in [0.25, 0.3) is 121 Å². The third kappa shape index (κ3) is 4.46. The number of hydrogen-bond acceptors (Lipinski definition) is 2. The van der Waals surface area contributed by atoms with Gasteiger partial charge in [0.25, 0.3) is 0 Å². The minimum atomic E-state index is -0.171. The van der Waals surface area contributed by atoms with E-state index in [0.29, 0.717) is 0 Å². The summed E-state index contributed by atoms with van der Waals surface area (Å²) in [6.45, 7) is 4.74. The van der Waals surface area contributed by atoms with Gasteiger partial charge in [0.05, 0.1) is 5.39 Å². The smallest absolute Gasteiger partial charge is 0.147 e. The number of furan rings is 2. The molecule has 2 heteroatoms. The third-order valence-electron chi connectivity index (χ3n) is 13.2. The van der Waals surface area contributed by atoms with Gasteiger partial charge in [-0.05, 0) is 113 Å². The summed E-state index contributed by atoms with van der Waals surface area (Å²) >= 11 is 0. The number of benzene rings is 10. The van der Waals surface area contributed by atoms with Crippen molar-refractivity contribution >= 4 is 76.2 Å². The maximum atomic E-state index is 6.80. The Balaban J connectivity index is 0.964. The second-order valence-corrected chi connectivity index (χ2v) is 16.7. The third-order valence-corrected chi connectivity index (χ3v) is 13.2. The van der Waals surface area contributed by atoms with E-state index in [1.165, 1.54) is 71.6 Å². The molecule has 0 spiro atoms. The zero-order valence-corrected chi connectivity index (χ0v) is 32.6. The van der Waals surface area contributed by atoms with Crippen molar-refractivity contribution in [3.05, 3.63) is 193 Å². The van der Waals surface area contributed by atoms with Gasteiger partial charge in [0.1, 0.15) is 22.3 Å². The minimum absolute atomic E-state index is 0.171. The molecule has 0 saturated heterocycles. The van der Waals surface area contributed by atoms with E-state index in [2.05, 4.69) is 190 Å². The molecule has 0 bridgehead atoms. The molecule has 0 aliphatic heterocycles. The predicted octanol–water partition coefficient (Wildman–Crippen LogP) is 16.3. The van der Waals surface area contributed by atoms with Gasteiger partial charge in [0, 0.05) is 27.0 Å². The summed E-state index contributed by atoms with van der Waals surface area (Å²) in [5.74, 6) is 0. The van der Waals surface area contributed by atoms with Crippen molar-refractivity contribution in [2.24, 2.45) is 0 Å². The van der Waals surface area contributed by atoms with Crippen LogP contribution in [0.1, 0.15) is 25.0 Å². The lowest BCUT2D eigenvalue weighted by atomic mass is 9.81. The fourth-order valence-corrected chi connectivity index (χ4v) is 10.5. The Kier molecular flexibility index (Phi) is 6.54. The average Bonchev–Trinajstić information content (AvgIpc) is 3.93. The standard InChI is InChI=1S/C57H36O2/c1-57(2)47-29-26-36(52-40-18-8-6-16-38(40)51(33-14-4-3-5-15-33)39-17-7-9-19-41(39)52)30-46(47)37-27-24-34(31-48(37)57)35-25-28-45-50(32-35)59-55-43-21-11-10-20-42(43)53-44-22-12-13-23-49(44)58-56(53)54(45)55/h3-32H,1-2H3. The molecule has 10 aromatic carbocycles. The average molecular weight is 753 g/mol. The first kappa shape index (κ1) is 32.6. The van der Waals surface area contributed by atoms with Gasteiger partial charge in [-0.2, -0.15) is 0 Å². The molecule has 0 radical (unpaired) electrons. The molecule has 13 rings (SSSR count). The molecule has 0 fully saturated rings. The molecule has 2 nitrogen and oxygen atoms in total. The van der Waals surface area contributed by atoms with E-state index in [0.717, 1.165) is 60.2 Å². The lowest BCUT2D eigenvalue weighted by molar-refractivity contribution is 0.660. The van der Waals surface area contributed by atoms with Crippen LogP contribution in [0.5, 0.6) is 0 Å². The van der Waals surface area contributed by atoms with Gasteiger partial charge < -0.3 is 8.83 Å². The van der Waals surface area contributed by atoms with Crippen LogP contribution in [0, 0.1) is 0 Å². The molecule has 276 valence electrons. The summed E-state index contributed by atoms with van der Waals surface area (Å²) in [5.41, 5.74) is 16.0. The zero-order valence-electron chi connectivity index (χ0n) is 32.6. The molecule has 2 aromatic heterocycles. The number of hydrogen-bond donors (Lipinski definition) is 0. The molecular weight excluding hydrogens is 717 g/mol. The molecule has 0 atom stereocenters. The molecular formula is C57H36O2. The maximum absolute atomic E-state index is 6.80. The SMILES string of the molecule is CC1(C)c2ccc(-c3c4ccccc4c(-c4ccccc4)c4ccccc34)cc2-c2ccc(-c3ccc4c(c3)oc3c5ccccc5c5c6ccccc6oc5c43)cc21. The summed E-state index contributed by atoms with van der Waals surface area (Å²) in [6.07, 6.45) is 0. The van der Waals surface area contributed by atoms with E-state index < -0.39 is 0 Å². The van der Waals surface area contributed by atoms with Crippen molar-refractivity contribution in [3.8, 4) is 44.5 Å². The lowest BCUT2D eigenvalue weighted by Gasteiger charge is -2.22. The summed E-state index contributed by atoms with van der Waals surface area (Å²) in [7, 11) is 0. The molecule has 0 saturated carbocycles. The molecule has 0 amide bonds. The summed E-state index contributed by atoms with van der Waals surface area (Å²) in [5, 5.41) is 11.7.